The molecule has 1 fully saturated rings. The highest BCUT2D eigenvalue weighted by molar-refractivity contribution is 7.99. The van der Waals surface area contributed by atoms with Gasteiger partial charge in [-0.15, -0.1) is 11.8 Å². The summed E-state index contributed by atoms with van der Waals surface area (Å²) in [5, 5.41) is 3.43. The van der Waals surface area contributed by atoms with Crippen molar-refractivity contribution in [3.8, 4) is 0 Å². The van der Waals surface area contributed by atoms with Crippen molar-refractivity contribution in [3.05, 3.63) is 24.3 Å². The van der Waals surface area contributed by atoms with Gasteiger partial charge in [0.1, 0.15) is 0 Å². The quantitative estimate of drug-likeness (QED) is 0.849. The van der Waals surface area contributed by atoms with E-state index in [0.29, 0.717) is 4.90 Å². The van der Waals surface area contributed by atoms with Crippen LogP contribution in [0.4, 0.5) is 0 Å². The van der Waals surface area contributed by atoms with E-state index in [0.717, 1.165) is 29.7 Å². The third-order valence-electron chi connectivity index (χ3n) is 3.45. The molecular formula is C14H21NO2S2. The Morgan fingerprint density at radius 3 is 2.63 bits per heavy atom. The summed E-state index contributed by atoms with van der Waals surface area (Å²) in [6.45, 7) is 2.31. The Hall–Kier alpha value is -0.520. The van der Waals surface area contributed by atoms with Crippen molar-refractivity contribution in [3.63, 3.8) is 0 Å². The largest absolute Gasteiger partial charge is 0.316 e. The lowest BCUT2D eigenvalue weighted by molar-refractivity contribution is 0.371. The molecule has 1 unspecified atom stereocenters. The monoisotopic (exact) mass is 299 g/mol. The molecular weight excluding hydrogens is 278 g/mol. The number of piperidine rings is 1. The van der Waals surface area contributed by atoms with Crippen LogP contribution in [-0.2, 0) is 9.84 Å². The molecule has 0 amide bonds. The number of benzene rings is 1. The first-order chi connectivity index (χ1) is 9.05. The molecule has 0 radical (unpaired) electrons. The first-order valence-corrected chi connectivity index (χ1v) is 9.57. The van der Waals surface area contributed by atoms with Crippen LogP contribution in [0.2, 0.25) is 0 Å². The van der Waals surface area contributed by atoms with Crippen LogP contribution in [0.1, 0.15) is 19.3 Å². The summed E-state index contributed by atoms with van der Waals surface area (Å²) < 4.78 is 22.7. The van der Waals surface area contributed by atoms with E-state index in [4.69, 9.17) is 0 Å². The maximum atomic E-state index is 11.4. The zero-order valence-electron chi connectivity index (χ0n) is 11.3. The Bertz CT molecular complexity index is 491. The van der Waals surface area contributed by atoms with Gasteiger partial charge in [-0.1, -0.05) is 0 Å². The third-order valence-corrected chi connectivity index (χ3v) is 5.62. The van der Waals surface area contributed by atoms with Gasteiger partial charge in [0.25, 0.3) is 0 Å². The Labute approximate surface area is 120 Å². The van der Waals surface area contributed by atoms with E-state index < -0.39 is 9.84 Å². The van der Waals surface area contributed by atoms with Crippen LogP contribution in [0.5, 0.6) is 0 Å². The van der Waals surface area contributed by atoms with Crippen LogP contribution in [0, 0.1) is 5.92 Å². The number of sulfone groups is 1. The zero-order valence-corrected chi connectivity index (χ0v) is 12.9. The highest BCUT2D eigenvalue weighted by Crippen LogP contribution is 2.24. The van der Waals surface area contributed by atoms with Crippen LogP contribution in [0.25, 0.3) is 0 Å². The van der Waals surface area contributed by atoms with Gasteiger partial charge in [-0.25, -0.2) is 8.42 Å². The van der Waals surface area contributed by atoms with E-state index in [-0.39, 0.29) is 0 Å². The first kappa shape index (κ1) is 14.9. The van der Waals surface area contributed by atoms with Crippen molar-refractivity contribution in [2.75, 3.05) is 25.1 Å². The normalized spacial score (nSPS) is 20.4. The fraction of sp³-hybridized carbons (Fsp3) is 0.571. The van der Waals surface area contributed by atoms with E-state index in [1.807, 2.05) is 23.9 Å². The van der Waals surface area contributed by atoms with Crippen molar-refractivity contribution in [1.82, 2.24) is 5.32 Å². The Balaban J connectivity index is 1.80. The number of hydrogen-bond donors (Lipinski definition) is 1. The topological polar surface area (TPSA) is 46.2 Å². The highest BCUT2D eigenvalue weighted by Gasteiger charge is 2.12. The van der Waals surface area contributed by atoms with Gasteiger partial charge in [0, 0.05) is 11.2 Å². The van der Waals surface area contributed by atoms with Crippen LogP contribution in [-0.4, -0.2) is 33.5 Å². The van der Waals surface area contributed by atoms with Crippen molar-refractivity contribution in [2.45, 2.75) is 29.1 Å². The highest BCUT2D eigenvalue weighted by atomic mass is 32.2. The van der Waals surface area contributed by atoms with Gasteiger partial charge >= 0.3 is 0 Å². The van der Waals surface area contributed by atoms with Gasteiger partial charge in [0.2, 0.25) is 0 Å². The molecule has 0 spiro atoms. The molecule has 0 aliphatic carbocycles. The average molecular weight is 299 g/mol. The molecule has 1 aromatic rings. The molecule has 1 aromatic carbocycles. The Morgan fingerprint density at radius 1 is 1.32 bits per heavy atom. The van der Waals surface area contributed by atoms with E-state index in [1.165, 1.54) is 25.5 Å². The molecule has 1 aliphatic rings. The summed E-state index contributed by atoms with van der Waals surface area (Å²) >= 11 is 1.81. The van der Waals surface area contributed by atoms with Crippen LogP contribution in [0.15, 0.2) is 34.1 Å². The molecule has 0 bridgehead atoms. The van der Waals surface area contributed by atoms with E-state index in [1.54, 1.807) is 12.1 Å². The molecule has 5 heteroatoms. The average Bonchev–Trinajstić information content (AvgIpc) is 2.39. The van der Waals surface area contributed by atoms with E-state index in [9.17, 15) is 8.42 Å². The van der Waals surface area contributed by atoms with Crippen molar-refractivity contribution < 1.29 is 8.42 Å². The maximum absolute atomic E-state index is 11.4. The molecule has 1 saturated heterocycles. The second-order valence-electron chi connectivity index (χ2n) is 5.09. The molecule has 2 rings (SSSR count). The fourth-order valence-corrected chi connectivity index (χ4v) is 3.94. The lowest BCUT2D eigenvalue weighted by Crippen LogP contribution is -2.29. The summed E-state index contributed by atoms with van der Waals surface area (Å²) in [5.41, 5.74) is 0. The van der Waals surface area contributed by atoms with Crippen molar-refractivity contribution >= 4 is 21.6 Å². The number of hydrogen-bond acceptors (Lipinski definition) is 4. The maximum Gasteiger partial charge on any atom is 0.175 e. The molecule has 1 atom stereocenters. The van der Waals surface area contributed by atoms with Crippen LogP contribution in [0.3, 0.4) is 0 Å². The molecule has 0 saturated carbocycles. The zero-order chi connectivity index (χ0) is 13.7. The fourth-order valence-electron chi connectivity index (χ4n) is 2.30. The molecule has 1 N–H and O–H groups in total. The Kier molecular flexibility index (Phi) is 5.30. The first-order valence-electron chi connectivity index (χ1n) is 6.69. The van der Waals surface area contributed by atoms with Gasteiger partial charge in [0.15, 0.2) is 9.84 Å². The minimum atomic E-state index is -3.07. The second kappa shape index (κ2) is 6.77. The predicted molar refractivity (Wildman–Crippen MR) is 80.5 cm³/mol. The third kappa shape index (κ3) is 4.82. The molecule has 1 heterocycles. The molecule has 106 valence electrons. The molecule has 0 aromatic heterocycles. The number of nitrogens with one attached hydrogen (secondary N) is 1. The van der Waals surface area contributed by atoms with Crippen LogP contribution < -0.4 is 5.32 Å². The molecule has 1 aliphatic heterocycles. The standard InChI is InChI=1S/C14H21NO2S2/c1-19(16,17)14-6-4-13(5-7-14)18-10-8-12-3-2-9-15-11-12/h4-7,12,15H,2-3,8-11H2,1H3. The molecule has 19 heavy (non-hydrogen) atoms. The van der Waals surface area contributed by atoms with Gasteiger partial charge in [-0.2, -0.15) is 0 Å². The lowest BCUT2D eigenvalue weighted by Gasteiger charge is -2.22. The van der Waals surface area contributed by atoms with Gasteiger partial charge in [-0.05, 0) is 68.3 Å². The van der Waals surface area contributed by atoms with Crippen LogP contribution >= 0.6 is 11.8 Å². The lowest BCUT2D eigenvalue weighted by atomic mass is 9.97. The minimum absolute atomic E-state index is 0.397. The smallest absolute Gasteiger partial charge is 0.175 e. The van der Waals surface area contributed by atoms with Gasteiger partial charge < -0.3 is 5.32 Å². The summed E-state index contributed by atoms with van der Waals surface area (Å²) in [5.74, 6) is 1.90. The second-order valence-corrected chi connectivity index (χ2v) is 8.28. The predicted octanol–water partition coefficient (Wildman–Crippen LogP) is 2.57. The summed E-state index contributed by atoms with van der Waals surface area (Å²) in [6.07, 6.45) is 5.09. The van der Waals surface area contributed by atoms with Gasteiger partial charge in [-0.3, -0.25) is 0 Å². The summed E-state index contributed by atoms with van der Waals surface area (Å²) in [6, 6.07) is 7.19. The van der Waals surface area contributed by atoms with E-state index in [2.05, 4.69) is 5.32 Å². The number of thioether (sulfide) groups is 1. The van der Waals surface area contributed by atoms with E-state index >= 15 is 0 Å². The summed E-state index contributed by atoms with van der Waals surface area (Å²) in [7, 11) is -3.07. The van der Waals surface area contributed by atoms with Crippen molar-refractivity contribution in [2.24, 2.45) is 5.92 Å². The van der Waals surface area contributed by atoms with Crippen molar-refractivity contribution in [1.29, 1.82) is 0 Å². The minimum Gasteiger partial charge on any atom is -0.316 e. The number of rotatable bonds is 5. The SMILES string of the molecule is CS(=O)(=O)c1ccc(SCCC2CCCNC2)cc1. The Morgan fingerprint density at radius 2 is 2.05 bits per heavy atom. The van der Waals surface area contributed by atoms with Gasteiger partial charge in [0.05, 0.1) is 4.90 Å². The summed E-state index contributed by atoms with van der Waals surface area (Å²) in [4.78, 5) is 1.55. The molecule has 3 nitrogen and oxygen atoms in total.